The maximum absolute atomic E-state index is 11.6. The molecule has 1 heterocycles. The van der Waals surface area contributed by atoms with Crippen LogP contribution in [0.15, 0.2) is 24.3 Å². The van der Waals surface area contributed by atoms with Crippen molar-refractivity contribution < 1.29 is 9.84 Å². The largest absolute Gasteiger partial charge is 0.385 e. The molecule has 1 aromatic rings. The summed E-state index contributed by atoms with van der Waals surface area (Å²) in [7, 11) is 0. The predicted octanol–water partition coefficient (Wildman–Crippen LogP) is 2.36. The molecule has 0 saturated carbocycles. The molecule has 1 unspecified atom stereocenters. The van der Waals surface area contributed by atoms with Crippen molar-refractivity contribution >= 4 is 0 Å². The third-order valence-corrected chi connectivity index (χ3v) is 5.42. The average molecular weight is 275 g/mol. The van der Waals surface area contributed by atoms with Crippen LogP contribution in [0, 0.1) is 5.41 Å². The van der Waals surface area contributed by atoms with E-state index in [1.807, 2.05) is 6.07 Å². The van der Waals surface area contributed by atoms with E-state index in [2.05, 4.69) is 18.2 Å². The van der Waals surface area contributed by atoms with E-state index in [0.29, 0.717) is 19.8 Å². The number of aryl methyl sites for hydroxylation is 1. The Morgan fingerprint density at radius 2 is 1.85 bits per heavy atom. The maximum Gasteiger partial charge on any atom is 0.0968 e. The van der Waals surface area contributed by atoms with Gasteiger partial charge in [-0.15, -0.1) is 0 Å². The normalized spacial score (nSPS) is 29.5. The zero-order valence-electron chi connectivity index (χ0n) is 12.1. The Bertz CT molecular complexity index is 468. The molecule has 1 aliphatic heterocycles. The number of ether oxygens (including phenoxy) is 1. The third-order valence-electron chi connectivity index (χ3n) is 5.42. The summed E-state index contributed by atoms with van der Waals surface area (Å²) in [6, 6.07) is 8.38. The summed E-state index contributed by atoms with van der Waals surface area (Å²) in [6.45, 7) is 1.95. The summed E-state index contributed by atoms with van der Waals surface area (Å²) in [6.07, 6.45) is 5.81. The highest BCUT2D eigenvalue weighted by Gasteiger charge is 2.51. The molecule has 3 rings (SSSR count). The molecular weight excluding hydrogens is 250 g/mol. The van der Waals surface area contributed by atoms with Crippen LogP contribution in [0.5, 0.6) is 0 Å². The van der Waals surface area contributed by atoms with E-state index in [0.717, 1.165) is 44.1 Å². The number of aliphatic hydroxyl groups is 1. The number of nitrogens with two attached hydrogens (primary N) is 1. The molecule has 3 heteroatoms. The first-order valence-corrected chi connectivity index (χ1v) is 7.80. The quantitative estimate of drug-likeness (QED) is 0.815. The van der Waals surface area contributed by atoms with E-state index in [4.69, 9.17) is 10.5 Å². The molecule has 1 atom stereocenters. The fraction of sp³-hybridized carbons (Fsp3) is 0.647. The van der Waals surface area contributed by atoms with Gasteiger partial charge in [0.2, 0.25) is 0 Å². The van der Waals surface area contributed by atoms with Crippen molar-refractivity contribution in [2.45, 2.75) is 44.1 Å². The Labute approximate surface area is 121 Å². The summed E-state index contributed by atoms with van der Waals surface area (Å²) in [5, 5.41) is 11.6. The Morgan fingerprint density at radius 3 is 2.60 bits per heavy atom. The van der Waals surface area contributed by atoms with E-state index in [-0.39, 0.29) is 5.41 Å². The van der Waals surface area contributed by atoms with Gasteiger partial charge in [-0.1, -0.05) is 24.3 Å². The van der Waals surface area contributed by atoms with Gasteiger partial charge in [0, 0.05) is 25.2 Å². The van der Waals surface area contributed by atoms with Gasteiger partial charge in [-0.25, -0.2) is 0 Å². The molecule has 3 N–H and O–H groups in total. The van der Waals surface area contributed by atoms with E-state index in [9.17, 15) is 5.11 Å². The molecular formula is C17H25NO2. The highest BCUT2D eigenvalue weighted by Crippen LogP contribution is 2.51. The average Bonchev–Trinajstić information content (AvgIpc) is 2.69. The van der Waals surface area contributed by atoms with Crippen molar-refractivity contribution in [1.29, 1.82) is 0 Å². The standard InChI is InChI=1S/C17H25NO2/c18-13-16(9-11-20-12-10-16)17(19)8-4-3-6-14-5-1-2-7-15(14)17/h1-2,5,7,19H,3-4,6,8-13,18H2. The zero-order chi connectivity index (χ0) is 14.1. The minimum absolute atomic E-state index is 0.230. The second-order valence-corrected chi connectivity index (χ2v) is 6.32. The van der Waals surface area contributed by atoms with E-state index in [1.165, 1.54) is 5.56 Å². The second kappa shape index (κ2) is 5.47. The predicted molar refractivity (Wildman–Crippen MR) is 79.4 cm³/mol. The third kappa shape index (κ3) is 2.09. The zero-order valence-corrected chi connectivity index (χ0v) is 12.1. The molecule has 110 valence electrons. The lowest BCUT2D eigenvalue weighted by molar-refractivity contribution is -0.139. The Kier molecular flexibility index (Phi) is 3.85. The number of hydrogen-bond donors (Lipinski definition) is 2. The second-order valence-electron chi connectivity index (χ2n) is 6.32. The molecule has 1 saturated heterocycles. The number of rotatable bonds is 2. The minimum Gasteiger partial charge on any atom is -0.385 e. The fourth-order valence-corrected chi connectivity index (χ4v) is 4.07. The van der Waals surface area contributed by atoms with Crippen LogP contribution in [0.1, 0.15) is 43.2 Å². The van der Waals surface area contributed by atoms with Crippen molar-refractivity contribution in [1.82, 2.24) is 0 Å². The van der Waals surface area contributed by atoms with Gasteiger partial charge in [-0.3, -0.25) is 0 Å². The minimum atomic E-state index is -0.793. The Morgan fingerprint density at radius 1 is 1.10 bits per heavy atom. The lowest BCUT2D eigenvalue weighted by atomic mass is 9.62. The molecule has 3 nitrogen and oxygen atoms in total. The van der Waals surface area contributed by atoms with Crippen LogP contribution < -0.4 is 5.73 Å². The molecule has 2 aliphatic rings. The molecule has 0 radical (unpaired) electrons. The summed E-state index contributed by atoms with van der Waals surface area (Å²) in [5.41, 5.74) is 7.54. The van der Waals surface area contributed by atoms with Crippen LogP contribution in [-0.4, -0.2) is 24.9 Å². The van der Waals surface area contributed by atoms with Gasteiger partial charge in [0.15, 0.2) is 0 Å². The van der Waals surface area contributed by atoms with Crippen LogP contribution in [0.3, 0.4) is 0 Å². The molecule has 0 amide bonds. The molecule has 0 aromatic heterocycles. The number of fused-ring (bicyclic) bond motifs is 1. The summed E-state index contributed by atoms with van der Waals surface area (Å²) in [5.74, 6) is 0. The highest BCUT2D eigenvalue weighted by atomic mass is 16.5. The summed E-state index contributed by atoms with van der Waals surface area (Å²) in [4.78, 5) is 0. The Balaban J connectivity index is 2.09. The van der Waals surface area contributed by atoms with Gasteiger partial charge in [-0.2, -0.15) is 0 Å². The first-order chi connectivity index (χ1) is 9.72. The molecule has 0 bridgehead atoms. The van der Waals surface area contributed by atoms with Gasteiger partial charge in [0.05, 0.1) is 5.60 Å². The van der Waals surface area contributed by atoms with Gasteiger partial charge >= 0.3 is 0 Å². The highest BCUT2D eigenvalue weighted by molar-refractivity contribution is 5.36. The van der Waals surface area contributed by atoms with Gasteiger partial charge in [-0.05, 0) is 49.7 Å². The van der Waals surface area contributed by atoms with Gasteiger partial charge in [0.25, 0.3) is 0 Å². The van der Waals surface area contributed by atoms with Gasteiger partial charge < -0.3 is 15.6 Å². The number of hydrogen-bond acceptors (Lipinski definition) is 3. The molecule has 0 spiro atoms. The van der Waals surface area contributed by atoms with Crippen LogP contribution >= 0.6 is 0 Å². The van der Waals surface area contributed by atoms with Crippen molar-refractivity contribution in [3.8, 4) is 0 Å². The maximum atomic E-state index is 11.6. The lowest BCUT2D eigenvalue weighted by Gasteiger charge is -2.49. The first kappa shape index (κ1) is 14.1. The van der Waals surface area contributed by atoms with Crippen LogP contribution in [0.4, 0.5) is 0 Å². The van der Waals surface area contributed by atoms with Crippen LogP contribution in [-0.2, 0) is 16.8 Å². The van der Waals surface area contributed by atoms with Crippen molar-refractivity contribution in [2.75, 3.05) is 19.8 Å². The molecule has 1 aliphatic carbocycles. The van der Waals surface area contributed by atoms with Crippen LogP contribution in [0.25, 0.3) is 0 Å². The van der Waals surface area contributed by atoms with Gasteiger partial charge in [0.1, 0.15) is 0 Å². The molecule has 1 fully saturated rings. The smallest absolute Gasteiger partial charge is 0.0968 e. The summed E-state index contributed by atoms with van der Waals surface area (Å²) < 4.78 is 5.51. The monoisotopic (exact) mass is 275 g/mol. The number of benzene rings is 1. The van der Waals surface area contributed by atoms with Crippen LogP contribution in [0.2, 0.25) is 0 Å². The topological polar surface area (TPSA) is 55.5 Å². The fourth-order valence-electron chi connectivity index (χ4n) is 4.07. The van der Waals surface area contributed by atoms with E-state index >= 15 is 0 Å². The van der Waals surface area contributed by atoms with Crippen molar-refractivity contribution in [3.63, 3.8) is 0 Å². The molecule has 1 aromatic carbocycles. The lowest BCUT2D eigenvalue weighted by Crippen LogP contribution is -2.53. The Hall–Kier alpha value is -0.900. The van der Waals surface area contributed by atoms with Crippen molar-refractivity contribution in [2.24, 2.45) is 11.1 Å². The van der Waals surface area contributed by atoms with E-state index in [1.54, 1.807) is 0 Å². The van der Waals surface area contributed by atoms with E-state index < -0.39 is 5.60 Å². The SMILES string of the molecule is NCC1(C2(O)CCCCc3ccccc32)CCOCC1. The first-order valence-electron chi connectivity index (χ1n) is 7.80. The van der Waals surface area contributed by atoms with Crippen molar-refractivity contribution in [3.05, 3.63) is 35.4 Å². The molecule has 20 heavy (non-hydrogen) atoms. The summed E-state index contributed by atoms with van der Waals surface area (Å²) >= 11 is 0.